The van der Waals surface area contributed by atoms with Crippen molar-refractivity contribution in [3.8, 4) is 11.3 Å². The maximum absolute atomic E-state index is 13.4. The molecule has 0 spiro atoms. The zero-order chi connectivity index (χ0) is 40.2. The molecule has 2 aromatic carbocycles. The van der Waals surface area contributed by atoms with Gasteiger partial charge in [-0.05, 0) is 106 Å². The minimum Gasteiger partial charge on any atom is -0.382 e. The van der Waals surface area contributed by atoms with Crippen LogP contribution in [-0.4, -0.2) is 89.9 Å². The quantitative estimate of drug-likeness (QED) is 0.142. The molecule has 304 valence electrons. The number of carbonyl (C=O) groups is 6. The Bertz CT molecular complexity index is 2190. The van der Waals surface area contributed by atoms with E-state index in [1.807, 2.05) is 24.0 Å². The summed E-state index contributed by atoms with van der Waals surface area (Å²) in [4.78, 5) is 85.4. The summed E-state index contributed by atoms with van der Waals surface area (Å²) in [5.41, 5.74) is 4.80. The molecule has 1 atom stereocenters. The molecule has 1 aromatic heterocycles. The average molecular weight is 809 g/mol. The summed E-state index contributed by atoms with van der Waals surface area (Å²) in [7, 11) is 0. The van der Waals surface area contributed by atoms with Crippen LogP contribution in [0.25, 0.3) is 11.3 Å². The van der Waals surface area contributed by atoms with E-state index in [0.717, 1.165) is 91.1 Å². The second-order valence-corrected chi connectivity index (χ2v) is 18.0. The van der Waals surface area contributed by atoms with Gasteiger partial charge in [0, 0.05) is 53.7 Å². The number of nitrogens with zero attached hydrogens (tertiary/aromatic N) is 3. The number of fused-ring (bicyclic) bond motifs is 5. The Morgan fingerprint density at radius 2 is 1.74 bits per heavy atom. The molecule has 15 heteroatoms. The molecule has 7 aliphatic rings. The molecule has 1 saturated heterocycles. The molecule has 5 fully saturated rings. The summed E-state index contributed by atoms with van der Waals surface area (Å²) in [6.45, 7) is 4.38. The van der Waals surface area contributed by atoms with Crippen LogP contribution in [0.4, 0.5) is 16.5 Å². The number of aryl methyl sites for hydroxylation is 1. The van der Waals surface area contributed by atoms with Crippen LogP contribution in [0.1, 0.15) is 102 Å². The van der Waals surface area contributed by atoms with E-state index in [1.165, 1.54) is 16.9 Å². The number of piperidine rings is 1. The van der Waals surface area contributed by atoms with Gasteiger partial charge in [0.05, 0.1) is 42.2 Å². The van der Waals surface area contributed by atoms with Gasteiger partial charge in [0.2, 0.25) is 23.6 Å². The van der Waals surface area contributed by atoms with Gasteiger partial charge in [-0.15, -0.1) is 11.3 Å². The van der Waals surface area contributed by atoms with Gasteiger partial charge >= 0.3 is 0 Å². The Kier molecular flexibility index (Phi) is 10.2. The number of imide groups is 2. The molecule has 4 aliphatic carbocycles. The number of amides is 6. The van der Waals surface area contributed by atoms with Crippen molar-refractivity contribution in [1.29, 1.82) is 0 Å². The minimum atomic E-state index is -1.01. The number of anilines is 3. The topological polar surface area (TPSA) is 176 Å². The number of aromatic nitrogens is 1. The van der Waals surface area contributed by atoms with Crippen LogP contribution in [-0.2, 0) is 35.1 Å². The highest BCUT2D eigenvalue weighted by Crippen LogP contribution is 2.55. The van der Waals surface area contributed by atoms with Crippen molar-refractivity contribution in [1.82, 2.24) is 15.2 Å². The Labute approximate surface area is 340 Å². The smallest absolute Gasteiger partial charge is 0.264 e. The van der Waals surface area contributed by atoms with Crippen LogP contribution in [0.2, 0.25) is 0 Å². The van der Waals surface area contributed by atoms with E-state index in [1.54, 1.807) is 18.2 Å². The lowest BCUT2D eigenvalue weighted by Gasteiger charge is -2.53. The Morgan fingerprint density at radius 3 is 2.50 bits per heavy atom. The molecule has 4 heterocycles. The summed E-state index contributed by atoms with van der Waals surface area (Å²) in [5, 5.41) is 9.14. The molecule has 1 unspecified atom stereocenters. The number of nitrogens with one attached hydrogen (secondary N) is 3. The van der Waals surface area contributed by atoms with E-state index < -0.39 is 29.7 Å². The zero-order valence-electron chi connectivity index (χ0n) is 32.7. The number of hydrogen-bond donors (Lipinski definition) is 3. The highest BCUT2D eigenvalue weighted by Gasteiger charge is 2.50. The van der Waals surface area contributed by atoms with Gasteiger partial charge in [-0.3, -0.25) is 39.0 Å². The minimum absolute atomic E-state index is 0.00359. The van der Waals surface area contributed by atoms with Crippen molar-refractivity contribution in [2.75, 3.05) is 48.4 Å². The predicted molar refractivity (Wildman–Crippen MR) is 216 cm³/mol. The van der Waals surface area contributed by atoms with E-state index in [-0.39, 0.29) is 52.7 Å². The third-order valence-electron chi connectivity index (χ3n) is 13.0. The molecule has 3 N–H and O–H groups in total. The molecular formula is C43H48N6O8S. The zero-order valence-corrected chi connectivity index (χ0v) is 33.5. The van der Waals surface area contributed by atoms with E-state index in [4.69, 9.17) is 14.5 Å². The van der Waals surface area contributed by atoms with Crippen molar-refractivity contribution >= 4 is 63.3 Å². The van der Waals surface area contributed by atoms with Gasteiger partial charge in [-0.2, -0.15) is 0 Å². The normalized spacial score (nSPS) is 24.9. The first-order valence-electron chi connectivity index (χ1n) is 20.5. The molecule has 10 rings (SSSR count). The van der Waals surface area contributed by atoms with Gasteiger partial charge in [0.1, 0.15) is 6.04 Å². The summed E-state index contributed by atoms with van der Waals surface area (Å²) in [5.74, 6) is -1.69. The summed E-state index contributed by atoms with van der Waals surface area (Å²) in [6, 6.07) is 10.2. The maximum atomic E-state index is 13.4. The Hall–Kier alpha value is -4.99. The van der Waals surface area contributed by atoms with Gasteiger partial charge in [-0.1, -0.05) is 12.1 Å². The Morgan fingerprint density at radius 1 is 0.948 bits per heavy atom. The van der Waals surface area contributed by atoms with Crippen molar-refractivity contribution < 1.29 is 38.2 Å². The third-order valence-corrected chi connectivity index (χ3v) is 13.9. The predicted octanol–water partition coefficient (Wildman–Crippen LogP) is 5.39. The first kappa shape index (κ1) is 38.5. The first-order chi connectivity index (χ1) is 28.0. The monoisotopic (exact) mass is 808 g/mol. The first-order valence-corrected chi connectivity index (χ1v) is 21.4. The number of thiazole rings is 1. The van der Waals surface area contributed by atoms with Gasteiger partial charge in [0.15, 0.2) is 5.13 Å². The highest BCUT2D eigenvalue weighted by atomic mass is 32.1. The van der Waals surface area contributed by atoms with Crippen LogP contribution in [0.5, 0.6) is 0 Å². The van der Waals surface area contributed by atoms with Crippen LogP contribution >= 0.6 is 11.3 Å². The maximum Gasteiger partial charge on any atom is 0.264 e. The molecule has 58 heavy (non-hydrogen) atoms. The molecule has 2 bridgehead atoms. The third kappa shape index (κ3) is 7.32. The number of hydrogen-bond acceptors (Lipinski definition) is 11. The number of ether oxygens (including phenoxy) is 2. The lowest BCUT2D eigenvalue weighted by molar-refractivity contribution is -0.150. The van der Waals surface area contributed by atoms with E-state index in [0.29, 0.717) is 43.6 Å². The van der Waals surface area contributed by atoms with Crippen molar-refractivity contribution in [3.05, 3.63) is 58.0 Å². The van der Waals surface area contributed by atoms with E-state index in [2.05, 4.69) is 22.0 Å². The van der Waals surface area contributed by atoms with Crippen LogP contribution in [0, 0.1) is 18.3 Å². The summed E-state index contributed by atoms with van der Waals surface area (Å²) >= 11 is 1.50. The largest absolute Gasteiger partial charge is 0.382 e. The number of rotatable bonds is 14. The second-order valence-electron chi connectivity index (χ2n) is 16.8. The molecule has 4 saturated carbocycles. The van der Waals surface area contributed by atoms with Gasteiger partial charge in [-0.25, -0.2) is 4.98 Å². The molecule has 14 nitrogen and oxygen atoms in total. The molecule has 0 radical (unpaired) electrons. The average Bonchev–Trinajstić information content (AvgIpc) is 3.81. The lowest BCUT2D eigenvalue weighted by Crippen LogP contribution is -2.54. The lowest BCUT2D eigenvalue weighted by atomic mass is 9.57. The van der Waals surface area contributed by atoms with Crippen LogP contribution in [0.3, 0.4) is 0 Å². The summed E-state index contributed by atoms with van der Waals surface area (Å²) in [6.07, 6.45) is 9.02. The molecular weight excluding hydrogens is 761 g/mol. The van der Waals surface area contributed by atoms with E-state index in [9.17, 15) is 28.8 Å². The fourth-order valence-corrected chi connectivity index (χ4v) is 10.5. The Balaban J connectivity index is 0.703. The molecule has 3 aliphatic heterocycles. The standard InChI is InChI=1S/C43H48N6O8S/c1-25-36(28-7-8-31-27(23-28)11-19-48(31)38(53)26-5-6-26)47-41(58-25)46-34(51)24-42-12-15-43(16-13-42,17-14-42)57-22-21-56-20-18-44-30-4-2-3-29-35(30)40(55)49(39(29)54)32-9-10-33(50)45-37(32)52/h2-4,7-8,23,26,32,44H,5-6,9-22,24H2,1H3,(H,45,50,52)(H,46,47,51). The molecule has 3 aromatic rings. The fraction of sp³-hybridized carbons (Fsp3) is 0.512. The number of benzene rings is 2. The molecule has 6 amide bonds. The van der Waals surface area contributed by atoms with Crippen molar-refractivity contribution in [2.24, 2.45) is 11.3 Å². The van der Waals surface area contributed by atoms with Crippen LogP contribution < -0.4 is 20.9 Å². The van der Waals surface area contributed by atoms with Gasteiger partial charge < -0.3 is 25.0 Å². The SMILES string of the molecule is Cc1sc(NC(=O)CC23CCC(OCCOCCNc4cccc5c4C(=O)N(C4CCC(=O)NC4=O)C5=O)(CC2)CC3)nc1-c1ccc2c(c1)CCN2C(=O)C1CC1. The van der Waals surface area contributed by atoms with Crippen molar-refractivity contribution in [3.63, 3.8) is 0 Å². The van der Waals surface area contributed by atoms with Crippen molar-refractivity contribution in [2.45, 2.75) is 95.6 Å². The highest BCUT2D eigenvalue weighted by molar-refractivity contribution is 7.16. The van der Waals surface area contributed by atoms with Gasteiger partial charge in [0.25, 0.3) is 11.8 Å². The second kappa shape index (κ2) is 15.3. The summed E-state index contributed by atoms with van der Waals surface area (Å²) < 4.78 is 12.3. The van der Waals surface area contributed by atoms with Crippen LogP contribution in [0.15, 0.2) is 36.4 Å². The van der Waals surface area contributed by atoms with E-state index >= 15 is 0 Å². The fourth-order valence-electron chi connectivity index (χ4n) is 9.60. The number of carbonyl (C=O) groups excluding carboxylic acids is 6.